The van der Waals surface area contributed by atoms with Crippen molar-refractivity contribution in [1.29, 1.82) is 5.26 Å². The van der Waals surface area contributed by atoms with Crippen molar-refractivity contribution in [3.63, 3.8) is 0 Å². The first kappa shape index (κ1) is 23.1. The Balaban J connectivity index is 1.33. The van der Waals surface area contributed by atoms with Crippen LogP contribution in [0.15, 0.2) is 72.1 Å². The van der Waals surface area contributed by atoms with Gasteiger partial charge in [-0.2, -0.15) is 5.26 Å². The molecule has 0 atom stereocenters. The Bertz CT molecular complexity index is 1490. The number of ether oxygens (including phenoxy) is 4. The Hall–Kier alpha value is -4.61. The molecule has 178 valence electrons. The van der Waals surface area contributed by atoms with Gasteiger partial charge in [0.25, 0.3) is 0 Å². The molecule has 2 heterocycles. The molecule has 4 aromatic rings. The Kier molecular flexibility index (Phi) is 6.65. The summed E-state index contributed by atoms with van der Waals surface area (Å²) in [5, 5.41) is 12.3. The third-order valence-corrected chi connectivity index (χ3v) is 6.35. The number of hydrogen-bond donors (Lipinski definition) is 0. The molecule has 1 aliphatic rings. The Morgan fingerprint density at radius 2 is 1.92 bits per heavy atom. The van der Waals surface area contributed by atoms with E-state index in [1.54, 1.807) is 36.4 Å². The number of methoxy groups -OCH3 is 1. The highest BCUT2D eigenvalue weighted by Gasteiger charge is 2.16. The molecule has 8 heteroatoms. The summed E-state index contributed by atoms with van der Waals surface area (Å²) < 4.78 is 22.0. The lowest BCUT2D eigenvalue weighted by Gasteiger charge is -2.11. The van der Waals surface area contributed by atoms with E-state index >= 15 is 0 Å². The van der Waals surface area contributed by atoms with Gasteiger partial charge < -0.3 is 18.9 Å². The number of aromatic nitrogens is 1. The van der Waals surface area contributed by atoms with Crippen LogP contribution in [0.1, 0.15) is 20.9 Å². The number of allylic oxidation sites excluding steroid dienone is 1. The summed E-state index contributed by atoms with van der Waals surface area (Å²) in [7, 11) is 1.53. The van der Waals surface area contributed by atoms with Crippen LogP contribution in [-0.2, 0) is 0 Å². The fourth-order valence-electron chi connectivity index (χ4n) is 3.64. The van der Waals surface area contributed by atoms with Crippen LogP contribution in [0, 0.1) is 11.3 Å². The molecule has 0 spiro atoms. The second-order valence-corrected chi connectivity index (χ2v) is 8.62. The minimum absolute atomic E-state index is 0.110. The van der Waals surface area contributed by atoms with E-state index in [0.717, 1.165) is 16.8 Å². The number of thiazole rings is 1. The molecule has 0 aliphatic carbocycles. The van der Waals surface area contributed by atoms with Crippen molar-refractivity contribution in [3.8, 4) is 40.3 Å². The number of nitrogens with zero attached hydrogens (tertiary/aromatic N) is 2. The van der Waals surface area contributed by atoms with Crippen molar-refractivity contribution >= 4 is 28.8 Å². The number of rotatable bonds is 8. The summed E-state index contributed by atoms with van der Waals surface area (Å²) in [6.45, 7) is 0.0970. The lowest BCUT2D eigenvalue weighted by atomic mass is 10.1. The number of Topliss-reactive ketones (excluding diaryl/α,β-unsaturated/α-hetero) is 1. The maximum absolute atomic E-state index is 12.4. The van der Waals surface area contributed by atoms with Crippen LogP contribution in [0.3, 0.4) is 0 Å². The van der Waals surface area contributed by atoms with Gasteiger partial charge in [0, 0.05) is 16.5 Å². The van der Waals surface area contributed by atoms with Crippen molar-refractivity contribution in [2.45, 2.75) is 0 Å². The van der Waals surface area contributed by atoms with Crippen molar-refractivity contribution in [2.24, 2.45) is 0 Å². The second kappa shape index (κ2) is 10.3. The quantitative estimate of drug-likeness (QED) is 0.222. The van der Waals surface area contributed by atoms with E-state index in [9.17, 15) is 10.1 Å². The molecule has 0 saturated carbocycles. The van der Waals surface area contributed by atoms with E-state index in [1.165, 1.54) is 18.4 Å². The van der Waals surface area contributed by atoms with Crippen LogP contribution in [0.4, 0.5) is 0 Å². The molecule has 3 aromatic carbocycles. The molecule has 0 saturated heterocycles. The highest BCUT2D eigenvalue weighted by atomic mass is 32.1. The summed E-state index contributed by atoms with van der Waals surface area (Å²) >= 11 is 1.38. The van der Waals surface area contributed by atoms with Crippen LogP contribution < -0.4 is 18.9 Å². The smallest absolute Gasteiger partial charge is 0.231 e. The molecule has 0 radical (unpaired) electrons. The highest BCUT2D eigenvalue weighted by molar-refractivity contribution is 7.11. The van der Waals surface area contributed by atoms with Crippen molar-refractivity contribution in [2.75, 3.05) is 20.5 Å². The Morgan fingerprint density at radius 3 is 2.72 bits per heavy atom. The summed E-state index contributed by atoms with van der Waals surface area (Å²) in [6.07, 6.45) is 1.74. The van der Waals surface area contributed by atoms with Gasteiger partial charge in [0.1, 0.15) is 11.1 Å². The van der Waals surface area contributed by atoms with Crippen LogP contribution in [-0.4, -0.2) is 31.3 Å². The van der Waals surface area contributed by atoms with Gasteiger partial charge in [0.15, 0.2) is 35.4 Å². The number of carbonyl (C=O) groups is 1. The summed E-state index contributed by atoms with van der Waals surface area (Å²) in [4.78, 5) is 17.0. The predicted octanol–water partition coefficient (Wildman–Crippen LogP) is 5.87. The maximum atomic E-state index is 12.4. The van der Waals surface area contributed by atoms with Gasteiger partial charge in [-0.25, -0.2) is 4.98 Å². The summed E-state index contributed by atoms with van der Waals surface area (Å²) in [6, 6.07) is 22.1. The first-order valence-corrected chi connectivity index (χ1v) is 11.9. The van der Waals surface area contributed by atoms with Crippen LogP contribution >= 0.6 is 11.3 Å². The number of ketones is 1. The number of benzene rings is 3. The lowest BCUT2D eigenvalue weighted by molar-refractivity contribution is 0.0919. The van der Waals surface area contributed by atoms with E-state index in [0.29, 0.717) is 39.1 Å². The molecule has 1 aromatic heterocycles. The molecule has 0 fully saturated rings. The SMILES string of the molecule is COc1cc(/C=C(\C#N)c2nc(-c3ccc4c(c3)OCO4)cs2)ccc1OCC(=O)c1ccccc1. The van der Waals surface area contributed by atoms with Gasteiger partial charge >= 0.3 is 0 Å². The maximum Gasteiger partial charge on any atom is 0.231 e. The first-order valence-electron chi connectivity index (χ1n) is 11.0. The highest BCUT2D eigenvalue weighted by Crippen LogP contribution is 2.37. The van der Waals surface area contributed by atoms with Gasteiger partial charge in [0.05, 0.1) is 18.4 Å². The zero-order valence-corrected chi connectivity index (χ0v) is 20.1. The first-order chi connectivity index (χ1) is 17.6. The van der Waals surface area contributed by atoms with Gasteiger partial charge in [0.2, 0.25) is 6.79 Å². The molecule has 36 heavy (non-hydrogen) atoms. The molecular weight excluding hydrogens is 476 g/mol. The second-order valence-electron chi connectivity index (χ2n) is 7.76. The average molecular weight is 497 g/mol. The largest absolute Gasteiger partial charge is 0.493 e. The minimum Gasteiger partial charge on any atom is -0.493 e. The lowest BCUT2D eigenvalue weighted by Crippen LogP contribution is -2.11. The number of nitriles is 1. The van der Waals surface area contributed by atoms with E-state index < -0.39 is 0 Å². The zero-order chi connectivity index (χ0) is 24.9. The van der Waals surface area contributed by atoms with E-state index in [2.05, 4.69) is 11.1 Å². The monoisotopic (exact) mass is 496 g/mol. The Morgan fingerprint density at radius 1 is 1.08 bits per heavy atom. The topological polar surface area (TPSA) is 90.7 Å². The summed E-state index contributed by atoms with van der Waals surface area (Å²) in [5.41, 5.74) is 3.37. The van der Waals surface area contributed by atoms with Gasteiger partial charge in [-0.05, 0) is 42.0 Å². The predicted molar refractivity (Wildman–Crippen MR) is 136 cm³/mol. The number of hydrogen-bond acceptors (Lipinski definition) is 8. The van der Waals surface area contributed by atoms with Crippen molar-refractivity contribution in [3.05, 3.63) is 88.2 Å². The molecule has 7 nitrogen and oxygen atoms in total. The normalized spacial score (nSPS) is 12.2. The zero-order valence-electron chi connectivity index (χ0n) is 19.3. The van der Waals surface area contributed by atoms with Gasteiger partial charge in [-0.1, -0.05) is 36.4 Å². The third-order valence-electron chi connectivity index (χ3n) is 5.48. The van der Waals surface area contributed by atoms with Gasteiger partial charge in [-0.15, -0.1) is 11.3 Å². The molecular formula is C28H20N2O5S. The van der Waals surface area contributed by atoms with Gasteiger partial charge in [-0.3, -0.25) is 4.79 Å². The Labute approximate surface area is 211 Å². The standard InChI is InChI=1S/C28H20N2O5S/c1-32-26-12-18(7-9-24(26)33-15-23(31)19-5-3-2-4-6-19)11-21(14-29)28-30-22(16-36-28)20-8-10-25-27(13-20)35-17-34-25/h2-13,16H,15,17H2,1H3/b21-11+. The van der Waals surface area contributed by atoms with E-state index in [1.807, 2.05) is 41.8 Å². The van der Waals surface area contributed by atoms with E-state index in [4.69, 9.17) is 18.9 Å². The molecule has 5 rings (SSSR count). The fraction of sp³-hybridized carbons (Fsp3) is 0.107. The van der Waals surface area contributed by atoms with Crippen LogP contribution in [0.5, 0.6) is 23.0 Å². The average Bonchev–Trinajstić information content (AvgIpc) is 3.60. The van der Waals surface area contributed by atoms with Crippen LogP contribution in [0.2, 0.25) is 0 Å². The van der Waals surface area contributed by atoms with E-state index in [-0.39, 0.29) is 19.2 Å². The number of fused-ring (bicyclic) bond motifs is 1. The molecule has 0 amide bonds. The molecule has 0 unspecified atom stereocenters. The molecule has 1 aliphatic heterocycles. The van der Waals surface area contributed by atoms with Crippen molar-refractivity contribution < 1.29 is 23.7 Å². The molecule has 0 bridgehead atoms. The van der Waals surface area contributed by atoms with Crippen LogP contribution in [0.25, 0.3) is 22.9 Å². The third kappa shape index (κ3) is 4.92. The fourth-order valence-corrected chi connectivity index (χ4v) is 4.43. The van der Waals surface area contributed by atoms with Crippen molar-refractivity contribution in [1.82, 2.24) is 4.98 Å². The molecule has 0 N–H and O–H groups in total. The summed E-state index contributed by atoms with van der Waals surface area (Å²) in [5.74, 6) is 2.16. The number of carbonyl (C=O) groups excluding carboxylic acids is 1. The minimum atomic E-state index is -0.129.